The lowest BCUT2D eigenvalue weighted by Gasteiger charge is -2.29. The van der Waals surface area contributed by atoms with Crippen LogP contribution in [0.2, 0.25) is 0 Å². The van der Waals surface area contributed by atoms with E-state index in [-0.39, 0.29) is 42.9 Å². The second kappa shape index (κ2) is 9.72. The molecule has 0 saturated carbocycles. The Morgan fingerprint density at radius 3 is 2.96 bits per heavy atom. The van der Waals surface area contributed by atoms with Crippen LogP contribution in [0.1, 0.15) is 13.8 Å². The maximum Gasteiger partial charge on any atom is 0.244 e. The lowest BCUT2D eigenvalue weighted by molar-refractivity contribution is -0.123. The number of anilines is 1. The predicted molar refractivity (Wildman–Crippen MR) is 101 cm³/mol. The number of nitrogens with one attached hydrogen (secondary N) is 2. The standard InChI is InChI=1S/C16H21N5O2.2ClH/c1-3-21-10-18-20-15(21)12-5-4-6-13(9-12)19-16(22)14-11(2)23-8-7-17-14;;/h4-6,9-11,14,17H,3,7-8H2,1-2H3,(H,19,22);2*1H/t11-,14+;;/m1../s1. The van der Waals surface area contributed by atoms with Gasteiger partial charge >= 0.3 is 0 Å². The van der Waals surface area contributed by atoms with Gasteiger partial charge in [0.15, 0.2) is 5.82 Å². The van der Waals surface area contributed by atoms with Gasteiger partial charge < -0.3 is 19.9 Å². The van der Waals surface area contributed by atoms with Gasteiger partial charge in [0.2, 0.25) is 5.91 Å². The molecule has 0 aliphatic carbocycles. The van der Waals surface area contributed by atoms with Gasteiger partial charge in [0.25, 0.3) is 0 Å². The zero-order valence-electron chi connectivity index (χ0n) is 14.1. The number of benzene rings is 1. The summed E-state index contributed by atoms with van der Waals surface area (Å²) < 4.78 is 7.48. The third kappa shape index (κ3) is 4.92. The van der Waals surface area contributed by atoms with Crippen molar-refractivity contribution < 1.29 is 9.53 Å². The SMILES string of the molecule is CCn1cnnc1-c1cccc(NC(=O)[C@H]2NCCO[C@@H]2C)c1.Cl.Cl. The highest BCUT2D eigenvalue weighted by Gasteiger charge is 2.28. The molecular weight excluding hydrogens is 365 g/mol. The fourth-order valence-corrected chi connectivity index (χ4v) is 2.69. The molecule has 9 heteroatoms. The van der Waals surface area contributed by atoms with Gasteiger partial charge in [0, 0.05) is 24.3 Å². The maximum atomic E-state index is 12.4. The van der Waals surface area contributed by atoms with Gasteiger partial charge in [-0.3, -0.25) is 4.79 Å². The molecule has 1 aliphatic rings. The first-order valence-electron chi connectivity index (χ1n) is 7.83. The van der Waals surface area contributed by atoms with Crippen LogP contribution in [0.25, 0.3) is 11.4 Å². The van der Waals surface area contributed by atoms with Crippen molar-refractivity contribution in [1.82, 2.24) is 20.1 Å². The Balaban J connectivity index is 0.00000156. The summed E-state index contributed by atoms with van der Waals surface area (Å²) in [6, 6.07) is 7.28. The molecule has 2 heterocycles. The van der Waals surface area contributed by atoms with Crippen molar-refractivity contribution in [2.45, 2.75) is 32.5 Å². The molecule has 2 atom stereocenters. The lowest BCUT2D eigenvalue weighted by atomic mass is 10.1. The quantitative estimate of drug-likeness (QED) is 0.839. The van der Waals surface area contributed by atoms with E-state index in [1.165, 1.54) is 0 Å². The van der Waals surface area contributed by atoms with Crippen LogP contribution in [0.5, 0.6) is 0 Å². The van der Waals surface area contributed by atoms with E-state index in [9.17, 15) is 4.79 Å². The van der Waals surface area contributed by atoms with E-state index in [1.54, 1.807) is 6.33 Å². The molecule has 1 aromatic carbocycles. The molecule has 1 aliphatic heterocycles. The van der Waals surface area contributed by atoms with Crippen molar-refractivity contribution in [3.8, 4) is 11.4 Å². The molecular formula is C16H23Cl2N5O2. The zero-order chi connectivity index (χ0) is 16.2. The summed E-state index contributed by atoms with van der Waals surface area (Å²) in [4.78, 5) is 12.4. The third-order valence-electron chi connectivity index (χ3n) is 3.94. The van der Waals surface area contributed by atoms with E-state index >= 15 is 0 Å². The van der Waals surface area contributed by atoms with Crippen LogP contribution in [-0.4, -0.2) is 46.0 Å². The van der Waals surface area contributed by atoms with Crippen molar-refractivity contribution in [3.05, 3.63) is 30.6 Å². The van der Waals surface area contributed by atoms with E-state index in [2.05, 4.69) is 20.8 Å². The summed E-state index contributed by atoms with van der Waals surface area (Å²) in [5.41, 5.74) is 1.65. The largest absolute Gasteiger partial charge is 0.375 e. The first-order chi connectivity index (χ1) is 11.2. The van der Waals surface area contributed by atoms with Crippen LogP contribution in [0.4, 0.5) is 5.69 Å². The van der Waals surface area contributed by atoms with Gasteiger partial charge in [-0.05, 0) is 26.0 Å². The summed E-state index contributed by atoms with van der Waals surface area (Å²) in [6.07, 6.45) is 1.56. The molecule has 1 aromatic heterocycles. The highest BCUT2D eigenvalue weighted by Crippen LogP contribution is 2.21. The summed E-state index contributed by atoms with van der Waals surface area (Å²) in [6.45, 7) is 6.04. The van der Waals surface area contributed by atoms with E-state index in [0.29, 0.717) is 13.2 Å². The topological polar surface area (TPSA) is 81.1 Å². The van der Waals surface area contributed by atoms with Crippen LogP contribution < -0.4 is 10.6 Å². The zero-order valence-corrected chi connectivity index (χ0v) is 15.8. The molecule has 1 amide bonds. The normalized spacial score (nSPS) is 19.4. The van der Waals surface area contributed by atoms with Crippen LogP contribution in [0.3, 0.4) is 0 Å². The highest BCUT2D eigenvalue weighted by molar-refractivity contribution is 5.95. The van der Waals surface area contributed by atoms with Crippen molar-refractivity contribution in [3.63, 3.8) is 0 Å². The fraction of sp³-hybridized carbons (Fsp3) is 0.438. The van der Waals surface area contributed by atoms with Gasteiger partial charge in [-0.15, -0.1) is 35.0 Å². The molecule has 0 bridgehead atoms. The van der Waals surface area contributed by atoms with Gasteiger partial charge in [-0.25, -0.2) is 0 Å². The minimum absolute atomic E-state index is 0. The molecule has 7 nitrogen and oxygen atoms in total. The number of halogens is 2. The average Bonchev–Trinajstić information content (AvgIpc) is 3.04. The fourth-order valence-electron chi connectivity index (χ4n) is 2.69. The molecule has 2 aromatic rings. The number of aromatic nitrogens is 3. The number of rotatable bonds is 4. The minimum atomic E-state index is -0.341. The molecule has 25 heavy (non-hydrogen) atoms. The summed E-state index contributed by atoms with van der Waals surface area (Å²) >= 11 is 0. The van der Waals surface area contributed by atoms with E-state index in [4.69, 9.17) is 4.74 Å². The number of hydrogen-bond donors (Lipinski definition) is 2. The molecule has 3 rings (SSSR count). The van der Waals surface area contributed by atoms with Crippen molar-refractivity contribution in [1.29, 1.82) is 0 Å². The Hall–Kier alpha value is -1.67. The Labute approximate surface area is 159 Å². The summed E-state index contributed by atoms with van der Waals surface area (Å²) in [5.74, 6) is 0.697. The summed E-state index contributed by atoms with van der Waals surface area (Å²) in [5, 5.41) is 14.2. The van der Waals surface area contributed by atoms with Gasteiger partial charge in [0.1, 0.15) is 12.4 Å². The Kier molecular flexibility index (Phi) is 8.31. The molecule has 1 fully saturated rings. The number of aryl methyl sites for hydroxylation is 1. The monoisotopic (exact) mass is 387 g/mol. The van der Waals surface area contributed by atoms with E-state index in [1.807, 2.05) is 42.7 Å². The van der Waals surface area contributed by atoms with Crippen LogP contribution >= 0.6 is 24.8 Å². The Morgan fingerprint density at radius 2 is 2.24 bits per heavy atom. The van der Waals surface area contributed by atoms with Crippen LogP contribution in [-0.2, 0) is 16.1 Å². The molecule has 0 spiro atoms. The molecule has 138 valence electrons. The number of carbonyl (C=O) groups is 1. The predicted octanol–water partition coefficient (Wildman–Crippen LogP) is 2.12. The maximum absolute atomic E-state index is 12.4. The average molecular weight is 388 g/mol. The Bertz CT molecular complexity index is 695. The first kappa shape index (κ1) is 21.4. The number of nitrogens with zero attached hydrogens (tertiary/aromatic N) is 3. The smallest absolute Gasteiger partial charge is 0.244 e. The van der Waals surface area contributed by atoms with Gasteiger partial charge in [0.05, 0.1) is 12.7 Å². The number of hydrogen-bond acceptors (Lipinski definition) is 5. The lowest BCUT2D eigenvalue weighted by Crippen LogP contribution is -2.53. The van der Waals surface area contributed by atoms with Crippen molar-refractivity contribution in [2.24, 2.45) is 0 Å². The van der Waals surface area contributed by atoms with Gasteiger partial charge in [-0.1, -0.05) is 12.1 Å². The van der Waals surface area contributed by atoms with Crippen molar-refractivity contribution >= 4 is 36.4 Å². The summed E-state index contributed by atoms with van der Waals surface area (Å²) in [7, 11) is 0. The van der Waals surface area contributed by atoms with E-state index < -0.39 is 0 Å². The molecule has 1 saturated heterocycles. The number of morpholine rings is 1. The first-order valence-corrected chi connectivity index (χ1v) is 7.83. The minimum Gasteiger partial charge on any atom is -0.375 e. The highest BCUT2D eigenvalue weighted by atomic mass is 35.5. The van der Waals surface area contributed by atoms with Crippen molar-refractivity contribution in [2.75, 3.05) is 18.5 Å². The van der Waals surface area contributed by atoms with Crippen LogP contribution in [0.15, 0.2) is 30.6 Å². The number of amides is 1. The van der Waals surface area contributed by atoms with Gasteiger partial charge in [-0.2, -0.15) is 0 Å². The number of carbonyl (C=O) groups excluding carboxylic acids is 1. The second-order valence-corrected chi connectivity index (χ2v) is 5.52. The third-order valence-corrected chi connectivity index (χ3v) is 3.94. The Morgan fingerprint density at radius 1 is 1.44 bits per heavy atom. The second-order valence-electron chi connectivity index (χ2n) is 5.52. The molecule has 0 unspecified atom stereocenters. The van der Waals surface area contributed by atoms with Crippen LogP contribution in [0, 0.1) is 0 Å². The molecule has 2 N–H and O–H groups in total. The number of ether oxygens (including phenoxy) is 1. The molecule has 0 radical (unpaired) electrons. The van der Waals surface area contributed by atoms with E-state index in [0.717, 1.165) is 23.6 Å².